The molecule has 0 saturated carbocycles. The van der Waals surface area contributed by atoms with Crippen molar-refractivity contribution in [2.45, 2.75) is 24.1 Å². The van der Waals surface area contributed by atoms with E-state index in [-0.39, 0.29) is 0 Å². The highest BCUT2D eigenvalue weighted by Gasteiger charge is 2.17. The van der Waals surface area contributed by atoms with Crippen molar-refractivity contribution in [1.29, 1.82) is 0 Å². The minimum Gasteiger partial charge on any atom is -0.241 e. The van der Waals surface area contributed by atoms with Gasteiger partial charge in [0.2, 0.25) is 0 Å². The molecule has 1 fully saturated rings. The molecule has 1 saturated heterocycles. The Morgan fingerprint density at radius 2 is 2.06 bits per heavy atom. The molecule has 1 aliphatic heterocycles. The molecule has 5 heteroatoms. The Kier molecular flexibility index (Phi) is 4.13. The summed E-state index contributed by atoms with van der Waals surface area (Å²) < 4.78 is 4.92. The van der Waals surface area contributed by atoms with Gasteiger partial charge in [-0.2, -0.15) is 0 Å². The lowest BCUT2D eigenvalue weighted by atomic mass is 10.0. The quantitative estimate of drug-likeness (QED) is 0.603. The Morgan fingerprint density at radius 1 is 1.28 bits per heavy atom. The number of hydrogen-bond acceptors (Lipinski definition) is 5. The topological polar surface area (TPSA) is 16.1 Å². The Balaban J connectivity index is 1.59. The van der Waals surface area contributed by atoms with Gasteiger partial charge in [-0.05, 0) is 52.7 Å². The van der Waals surface area contributed by atoms with Gasteiger partial charge in [-0.3, -0.25) is 0 Å². The largest absolute Gasteiger partial charge is 0.241 e. The van der Waals surface area contributed by atoms with E-state index in [0.717, 1.165) is 11.4 Å². The van der Waals surface area contributed by atoms with E-state index in [4.69, 9.17) is 0 Å². The third-order valence-corrected chi connectivity index (χ3v) is 7.09. The standard InChI is InChI=1S/C13H16N2S3/c1-10-6-8-15(9-7-10)18-17-13-14-11-4-2-3-5-12(11)16-13/h2-5,10H,6-9H2,1H3. The number of hydrogen-bond donors (Lipinski definition) is 0. The lowest BCUT2D eigenvalue weighted by Crippen LogP contribution is -2.26. The van der Waals surface area contributed by atoms with Crippen LogP contribution in [0.2, 0.25) is 0 Å². The number of fused-ring (bicyclic) bond motifs is 1. The summed E-state index contributed by atoms with van der Waals surface area (Å²) >= 11 is 1.79. The van der Waals surface area contributed by atoms with Gasteiger partial charge in [0.1, 0.15) is 0 Å². The molecular formula is C13H16N2S3. The Labute approximate surface area is 120 Å². The lowest BCUT2D eigenvalue weighted by Gasteiger charge is -2.27. The van der Waals surface area contributed by atoms with Gasteiger partial charge in [-0.25, -0.2) is 9.29 Å². The van der Waals surface area contributed by atoms with E-state index < -0.39 is 0 Å². The first kappa shape index (κ1) is 12.8. The third-order valence-electron chi connectivity index (χ3n) is 3.23. The predicted octanol–water partition coefficient (Wildman–Crippen LogP) is 4.68. The van der Waals surface area contributed by atoms with Crippen LogP contribution in [0.5, 0.6) is 0 Å². The number of para-hydroxylation sites is 1. The van der Waals surface area contributed by atoms with E-state index in [1.54, 1.807) is 22.1 Å². The molecule has 2 heterocycles. The van der Waals surface area contributed by atoms with Gasteiger partial charge in [0.15, 0.2) is 4.34 Å². The molecule has 0 aliphatic carbocycles. The van der Waals surface area contributed by atoms with Gasteiger partial charge in [0.25, 0.3) is 0 Å². The van der Waals surface area contributed by atoms with Crippen molar-refractivity contribution in [3.05, 3.63) is 24.3 Å². The fourth-order valence-electron chi connectivity index (χ4n) is 2.03. The number of rotatable bonds is 3. The van der Waals surface area contributed by atoms with Crippen molar-refractivity contribution in [3.8, 4) is 0 Å². The van der Waals surface area contributed by atoms with Crippen molar-refractivity contribution in [3.63, 3.8) is 0 Å². The zero-order valence-electron chi connectivity index (χ0n) is 10.3. The summed E-state index contributed by atoms with van der Waals surface area (Å²) in [6, 6.07) is 8.36. The van der Waals surface area contributed by atoms with Crippen molar-refractivity contribution in [1.82, 2.24) is 9.29 Å². The van der Waals surface area contributed by atoms with Crippen LogP contribution in [0.25, 0.3) is 10.2 Å². The molecule has 3 rings (SSSR count). The van der Waals surface area contributed by atoms with Crippen LogP contribution in [0, 0.1) is 5.92 Å². The first-order valence-corrected chi connectivity index (χ1v) is 9.19. The van der Waals surface area contributed by atoms with Crippen LogP contribution in [0.4, 0.5) is 0 Å². The summed E-state index contributed by atoms with van der Waals surface area (Å²) in [5, 5.41) is 0. The normalized spacial score (nSPS) is 18.5. The second kappa shape index (κ2) is 5.82. The van der Waals surface area contributed by atoms with E-state index in [1.807, 2.05) is 11.0 Å². The van der Waals surface area contributed by atoms with Crippen LogP contribution in [0.1, 0.15) is 19.8 Å². The highest BCUT2D eigenvalue weighted by Crippen LogP contribution is 2.39. The van der Waals surface area contributed by atoms with Gasteiger partial charge in [0, 0.05) is 13.1 Å². The maximum Gasteiger partial charge on any atom is 0.162 e. The first-order chi connectivity index (χ1) is 8.81. The second-order valence-electron chi connectivity index (χ2n) is 4.72. The molecule has 1 aromatic carbocycles. The molecule has 1 aromatic heterocycles. The minimum atomic E-state index is 0.898. The van der Waals surface area contributed by atoms with Gasteiger partial charge < -0.3 is 0 Å². The van der Waals surface area contributed by atoms with Crippen molar-refractivity contribution >= 4 is 43.3 Å². The van der Waals surface area contributed by atoms with Crippen LogP contribution in [0.15, 0.2) is 28.6 Å². The van der Waals surface area contributed by atoms with E-state index >= 15 is 0 Å². The number of piperidine rings is 1. The maximum atomic E-state index is 4.65. The van der Waals surface area contributed by atoms with Crippen LogP contribution < -0.4 is 0 Å². The number of thiazole rings is 1. The average Bonchev–Trinajstić information content (AvgIpc) is 2.81. The highest BCUT2D eigenvalue weighted by atomic mass is 33.1. The van der Waals surface area contributed by atoms with Gasteiger partial charge in [0.05, 0.1) is 10.2 Å². The van der Waals surface area contributed by atoms with E-state index in [0.29, 0.717) is 0 Å². The Morgan fingerprint density at radius 3 is 2.83 bits per heavy atom. The second-order valence-corrected chi connectivity index (χ2v) is 8.17. The van der Waals surface area contributed by atoms with Crippen LogP contribution in [-0.2, 0) is 0 Å². The number of nitrogens with zero attached hydrogens (tertiary/aromatic N) is 2. The molecule has 2 aromatic rings. The fraction of sp³-hybridized carbons (Fsp3) is 0.462. The SMILES string of the molecule is CC1CCN(SSc2nc3ccccc3s2)CC1. The van der Waals surface area contributed by atoms with Crippen molar-refractivity contribution in [2.75, 3.05) is 13.1 Å². The molecule has 0 N–H and O–H groups in total. The minimum absolute atomic E-state index is 0.898. The summed E-state index contributed by atoms with van der Waals surface area (Å²) in [6.45, 7) is 4.77. The number of benzene rings is 1. The molecule has 1 aliphatic rings. The molecule has 0 spiro atoms. The molecule has 96 valence electrons. The summed E-state index contributed by atoms with van der Waals surface area (Å²) in [7, 11) is 3.67. The van der Waals surface area contributed by atoms with Crippen LogP contribution >= 0.6 is 33.1 Å². The monoisotopic (exact) mass is 296 g/mol. The molecule has 18 heavy (non-hydrogen) atoms. The smallest absolute Gasteiger partial charge is 0.162 e. The van der Waals surface area contributed by atoms with E-state index in [1.165, 1.54) is 35.0 Å². The van der Waals surface area contributed by atoms with Crippen molar-refractivity contribution < 1.29 is 0 Å². The van der Waals surface area contributed by atoms with Gasteiger partial charge >= 0.3 is 0 Å². The average molecular weight is 296 g/mol. The van der Waals surface area contributed by atoms with Gasteiger partial charge in [-0.15, -0.1) is 11.3 Å². The molecule has 0 amide bonds. The van der Waals surface area contributed by atoms with E-state index in [2.05, 4.69) is 40.5 Å². The summed E-state index contributed by atoms with van der Waals surface area (Å²) in [6.07, 6.45) is 2.65. The molecule has 0 radical (unpaired) electrons. The molecule has 0 bridgehead atoms. The predicted molar refractivity (Wildman–Crippen MR) is 83.0 cm³/mol. The molecule has 2 nitrogen and oxygen atoms in total. The summed E-state index contributed by atoms with van der Waals surface area (Å²) in [5.74, 6) is 0.898. The fourth-order valence-corrected chi connectivity index (χ4v) is 5.44. The summed E-state index contributed by atoms with van der Waals surface area (Å²) in [5.41, 5.74) is 1.12. The molecule has 0 atom stereocenters. The Bertz CT molecular complexity index is 485. The first-order valence-electron chi connectivity index (χ1n) is 6.26. The summed E-state index contributed by atoms with van der Waals surface area (Å²) in [4.78, 5) is 4.65. The maximum absolute atomic E-state index is 4.65. The molecule has 0 unspecified atom stereocenters. The van der Waals surface area contributed by atoms with Gasteiger partial charge in [-0.1, -0.05) is 19.1 Å². The van der Waals surface area contributed by atoms with E-state index in [9.17, 15) is 0 Å². The molecular weight excluding hydrogens is 280 g/mol. The third kappa shape index (κ3) is 3.02. The zero-order valence-corrected chi connectivity index (χ0v) is 12.8. The van der Waals surface area contributed by atoms with Crippen LogP contribution in [0.3, 0.4) is 0 Å². The lowest BCUT2D eigenvalue weighted by molar-refractivity contribution is 0.310. The number of aromatic nitrogens is 1. The Hall–Kier alpha value is -0.230. The zero-order chi connectivity index (χ0) is 12.4. The van der Waals surface area contributed by atoms with Crippen LogP contribution in [-0.4, -0.2) is 22.4 Å². The van der Waals surface area contributed by atoms with Crippen molar-refractivity contribution in [2.24, 2.45) is 5.92 Å². The highest BCUT2D eigenvalue weighted by molar-refractivity contribution is 8.76.